The number of hydrogen-bond donors (Lipinski definition) is 1. The summed E-state index contributed by atoms with van der Waals surface area (Å²) < 4.78 is 22.2. The Morgan fingerprint density at radius 3 is 2.29 bits per heavy atom. The number of halogens is 2. The van der Waals surface area contributed by atoms with Crippen LogP contribution in [-0.2, 0) is 9.05 Å². The fraction of sp³-hybridized carbons (Fsp3) is 0.250. The van der Waals surface area contributed by atoms with E-state index < -0.39 is 9.05 Å². The number of hydrogen-bond acceptors (Lipinski definition) is 3. The summed E-state index contributed by atoms with van der Waals surface area (Å²) in [6.45, 7) is 3.03. The Labute approximate surface area is 91.7 Å². The Hall–Kier alpha value is -0.450. The molecule has 1 N–H and O–H groups in total. The molecule has 0 radical (unpaired) electrons. The van der Waals surface area contributed by atoms with E-state index in [0.29, 0.717) is 5.56 Å². The summed E-state index contributed by atoms with van der Waals surface area (Å²) in [5.74, 6) is -0.245. The van der Waals surface area contributed by atoms with Crippen LogP contribution < -0.4 is 0 Å². The number of benzene rings is 1. The number of phenols is 1. The molecule has 0 atom stereocenters. The lowest BCUT2D eigenvalue weighted by Gasteiger charge is -2.08. The summed E-state index contributed by atoms with van der Waals surface area (Å²) in [6, 6.07) is 1.33. The van der Waals surface area contributed by atoms with E-state index >= 15 is 0 Å². The normalized spacial score (nSPS) is 11.7. The molecule has 1 aromatic carbocycles. The third-order valence-electron chi connectivity index (χ3n) is 1.89. The van der Waals surface area contributed by atoms with Gasteiger partial charge in [0.1, 0.15) is 5.75 Å². The second-order valence-corrected chi connectivity index (χ2v) is 5.83. The fourth-order valence-corrected chi connectivity index (χ4v) is 2.55. The zero-order chi connectivity index (χ0) is 11.1. The SMILES string of the molecule is Cc1cc(S(=O)(=O)Cl)c(C)c(O)c1Cl. The molecule has 0 aliphatic rings. The van der Waals surface area contributed by atoms with Gasteiger partial charge in [0.15, 0.2) is 0 Å². The minimum atomic E-state index is -3.84. The van der Waals surface area contributed by atoms with Gasteiger partial charge in [0.05, 0.1) is 9.92 Å². The second kappa shape index (κ2) is 3.61. The van der Waals surface area contributed by atoms with Crippen LogP contribution in [0, 0.1) is 13.8 Å². The van der Waals surface area contributed by atoms with E-state index in [1.54, 1.807) is 6.92 Å². The van der Waals surface area contributed by atoms with Crippen LogP contribution in [0.4, 0.5) is 0 Å². The minimum Gasteiger partial charge on any atom is -0.506 e. The van der Waals surface area contributed by atoms with E-state index in [2.05, 4.69) is 0 Å². The van der Waals surface area contributed by atoms with Crippen molar-refractivity contribution in [3.63, 3.8) is 0 Å². The van der Waals surface area contributed by atoms with Crippen LogP contribution in [-0.4, -0.2) is 13.5 Å². The highest BCUT2D eigenvalue weighted by Crippen LogP contribution is 2.35. The lowest BCUT2D eigenvalue weighted by molar-refractivity contribution is 0.468. The molecule has 14 heavy (non-hydrogen) atoms. The van der Waals surface area contributed by atoms with Crippen molar-refractivity contribution in [2.75, 3.05) is 0 Å². The Balaban J connectivity index is 3.66. The molecule has 0 fully saturated rings. The highest BCUT2D eigenvalue weighted by molar-refractivity contribution is 8.13. The lowest BCUT2D eigenvalue weighted by atomic mass is 10.1. The number of aryl methyl sites for hydroxylation is 1. The van der Waals surface area contributed by atoms with E-state index in [-0.39, 0.29) is 21.2 Å². The van der Waals surface area contributed by atoms with Crippen molar-refractivity contribution < 1.29 is 13.5 Å². The zero-order valence-corrected chi connectivity index (χ0v) is 9.83. The van der Waals surface area contributed by atoms with E-state index in [4.69, 9.17) is 22.3 Å². The third-order valence-corrected chi connectivity index (χ3v) is 3.81. The maximum absolute atomic E-state index is 11.1. The van der Waals surface area contributed by atoms with Gasteiger partial charge in [-0.1, -0.05) is 11.6 Å². The largest absolute Gasteiger partial charge is 0.506 e. The molecule has 0 aliphatic carbocycles. The van der Waals surface area contributed by atoms with Gasteiger partial charge in [0, 0.05) is 16.2 Å². The first-order valence-corrected chi connectivity index (χ1v) is 6.37. The van der Waals surface area contributed by atoms with Crippen molar-refractivity contribution >= 4 is 31.3 Å². The molecule has 0 spiro atoms. The standard InChI is InChI=1S/C8H8Cl2O3S/c1-4-3-6(14(10,12)13)5(2)8(11)7(4)9/h3,11H,1-2H3. The molecule has 0 amide bonds. The van der Waals surface area contributed by atoms with Gasteiger partial charge in [-0.05, 0) is 25.5 Å². The summed E-state index contributed by atoms with van der Waals surface area (Å²) in [4.78, 5) is -0.112. The highest BCUT2D eigenvalue weighted by Gasteiger charge is 2.19. The van der Waals surface area contributed by atoms with Crippen molar-refractivity contribution in [1.82, 2.24) is 0 Å². The zero-order valence-electron chi connectivity index (χ0n) is 7.51. The number of aromatic hydroxyl groups is 1. The molecule has 0 heterocycles. The van der Waals surface area contributed by atoms with E-state index in [0.717, 1.165) is 0 Å². The average Bonchev–Trinajstić information content (AvgIpc) is 2.06. The first kappa shape index (κ1) is 11.6. The number of phenolic OH excluding ortho intramolecular Hbond substituents is 1. The predicted octanol–water partition coefficient (Wildman–Crippen LogP) is 2.59. The van der Waals surface area contributed by atoms with Crippen LogP contribution >= 0.6 is 22.3 Å². The van der Waals surface area contributed by atoms with Gasteiger partial charge in [-0.3, -0.25) is 0 Å². The smallest absolute Gasteiger partial charge is 0.261 e. The molecular weight excluding hydrogens is 247 g/mol. The first-order valence-electron chi connectivity index (χ1n) is 3.68. The monoisotopic (exact) mass is 254 g/mol. The van der Waals surface area contributed by atoms with Gasteiger partial charge in [-0.25, -0.2) is 8.42 Å². The maximum Gasteiger partial charge on any atom is 0.261 e. The topological polar surface area (TPSA) is 54.4 Å². The molecule has 3 nitrogen and oxygen atoms in total. The van der Waals surface area contributed by atoms with Crippen molar-refractivity contribution in [3.8, 4) is 5.75 Å². The van der Waals surface area contributed by atoms with Crippen molar-refractivity contribution in [2.45, 2.75) is 18.7 Å². The summed E-state index contributed by atoms with van der Waals surface area (Å²) in [7, 11) is 1.34. The molecule has 1 aromatic rings. The van der Waals surface area contributed by atoms with Gasteiger partial charge in [-0.15, -0.1) is 0 Å². The molecule has 0 saturated heterocycles. The Kier molecular flexibility index (Phi) is 2.99. The van der Waals surface area contributed by atoms with Crippen LogP contribution in [0.15, 0.2) is 11.0 Å². The fourth-order valence-electron chi connectivity index (χ4n) is 1.09. The lowest BCUT2D eigenvalue weighted by Crippen LogP contribution is -1.96. The van der Waals surface area contributed by atoms with Crippen LogP contribution in [0.3, 0.4) is 0 Å². The van der Waals surface area contributed by atoms with Crippen LogP contribution in [0.1, 0.15) is 11.1 Å². The van der Waals surface area contributed by atoms with Gasteiger partial charge in [0.2, 0.25) is 0 Å². The van der Waals surface area contributed by atoms with Gasteiger partial charge in [-0.2, -0.15) is 0 Å². The van der Waals surface area contributed by atoms with Crippen LogP contribution in [0.5, 0.6) is 5.75 Å². The average molecular weight is 255 g/mol. The summed E-state index contributed by atoms with van der Waals surface area (Å²) in [5.41, 5.74) is 0.629. The van der Waals surface area contributed by atoms with E-state index in [9.17, 15) is 13.5 Å². The molecule has 0 bridgehead atoms. The van der Waals surface area contributed by atoms with E-state index in [1.165, 1.54) is 13.0 Å². The summed E-state index contributed by atoms with van der Waals surface area (Å²) in [6.07, 6.45) is 0. The first-order chi connectivity index (χ1) is 6.25. The quantitative estimate of drug-likeness (QED) is 0.784. The van der Waals surface area contributed by atoms with Crippen LogP contribution in [0.25, 0.3) is 0 Å². The molecule has 0 aromatic heterocycles. The molecular formula is C8H8Cl2O3S. The van der Waals surface area contributed by atoms with Gasteiger partial charge >= 0.3 is 0 Å². The third kappa shape index (κ3) is 1.97. The predicted molar refractivity (Wildman–Crippen MR) is 55.6 cm³/mol. The summed E-state index contributed by atoms with van der Waals surface area (Å²) in [5, 5.41) is 9.62. The molecule has 0 aliphatic heterocycles. The van der Waals surface area contributed by atoms with Crippen molar-refractivity contribution in [2.24, 2.45) is 0 Å². The molecule has 6 heteroatoms. The second-order valence-electron chi connectivity index (χ2n) is 2.92. The van der Waals surface area contributed by atoms with Crippen LogP contribution in [0.2, 0.25) is 5.02 Å². The summed E-state index contributed by atoms with van der Waals surface area (Å²) >= 11 is 5.72. The molecule has 78 valence electrons. The minimum absolute atomic E-state index is 0.112. The van der Waals surface area contributed by atoms with Gasteiger partial charge < -0.3 is 5.11 Å². The van der Waals surface area contributed by atoms with Crippen molar-refractivity contribution in [3.05, 3.63) is 22.2 Å². The molecule has 0 unspecified atom stereocenters. The van der Waals surface area contributed by atoms with Crippen molar-refractivity contribution in [1.29, 1.82) is 0 Å². The Bertz CT molecular complexity index is 480. The maximum atomic E-state index is 11.1. The Morgan fingerprint density at radius 1 is 1.36 bits per heavy atom. The Morgan fingerprint density at radius 2 is 1.86 bits per heavy atom. The molecule has 0 saturated carbocycles. The van der Waals surface area contributed by atoms with Gasteiger partial charge in [0.25, 0.3) is 9.05 Å². The highest BCUT2D eigenvalue weighted by atomic mass is 35.7. The molecule has 1 rings (SSSR count). The number of rotatable bonds is 1. The van der Waals surface area contributed by atoms with E-state index in [1.807, 2.05) is 0 Å².